The van der Waals surface area contributed by atoms with E-state index < -0.39 is 46.6 Å². The van der Waals surface area contributed by atoms with Gasteiger partial charge in [-0.2, -0.15) is 13.2 Å². The first-order chi connectivity index (χ1) is 18.8. The first-order valence-corrected chi connectivity index (χ1v) is 13.1. The van der Waals surface area contributed by atoms with E-state index in [1.807, 2.05) is 0 Å². The van der Waals surface area contributed by atoms with Crippen molar-refractivity contribution in [1.82, 2.24) is 19.3 Å². The largest absolute Gasteiger partial charge is 0.444 e. The van der Waals surface area contributed by atoms with Gasteiger partial charge in [0.1, 0.15) is 17.0 Å². The molecule has 13 heteroatoms. The van der Waals surface area contributed by atoms with Gasteiger partial charge in [-0.15, -0.1) is 0 Å². The Kier molecular flexibility index (Phi) is 7.80. The number of aliphatic hydroxyl groups is 1. The van der Waals surface area contributed by atoms with Gasteiger partial charge in [0.2, 0.25) is 0 Å². The predicted octanol–water partition coefficient (Wildman–Crippen LogP) is 5.79. The monoisotopic (exact) mass is 579 g/mol. The van der Waals surface area contributed by atoms with Gasteiger partial charge in [-0.3, -0.25) is 4.79 Å². The van der Waals surface area contributed by atoms with Crippen molar-refractivity contribution in [2.45, 2.75) is 77.7 Å². The number of anilines is 1. The van der Waals surface area contributed by atoms with Gasteiger partial charge in [0.05, 0.1) is 17.0 Å². The maximum absolute atomic E-state index is 15.9. The molecule has 9 nitrogen and oxygen atoms in total. The first-order valence-electron chi connectivity index (χ1n) is 13.1. The maximum Gasteiger partial charge on any atom is 0.433 e. The van der Waals surface area contributed by atoms with E-state index in [2.05, 4.69) is 15.3 Å². The summed E-state index contributed by atoms with van der Waals surface area (Å²) in [6.45, 7) is 10.3. The molecule has 2 amide bonds. The van der Waals surface area contributed by atoms with Crippen molar-refractivity contribution < 1.29 is 37.0 Å². The van der Waals surface area contributed by atoms with Crippen molar-refractivity contribution in [1.29, 1.82) is 0 Å². The quantitative estimate of drug-likeness (QED) is 0.379. The molecule has 41 heavy (non-hydrogen) atoms. The number of aromatic nitrogens is 3. The Bertz CT molecular complexity index is 1480. The summed E-state index contributed by atoms with van der Waals surface area (Å²) in [7, 11) is 0. The molecule has 0 saturated carbocycles. The zero-order valence-electron chi connectivity index (χ0n) is 23.7. The van der Waals surface area contributed by atoms with Crippen LogP contribution in [0.4, 0.5) is 28.0 Å². The first kappa shape index (κ1) is 30.2. The Labute approximate surface area is 234 Å². The smallest absolute Gasteiger partial charge is 0.433 e. The number of hydrogen-bond acceptors (Lipinski definition) is 6. The molecule has 0 radical (unpaired) electrons. The van der Waals surface area contributed by atoms with Crippen molar-refractivity contribution in [2.24, 2.45) is 0 Å². The molecule has 1 saturated heterocycles. The van der Waals surface area contributed by atoms with Crippen LogP contribution in [-0.2, 0) is 16.5 Å². The van der Waals surface area contributed by atoms with E-state index in [0.717, 1.165) is 12.1 Å². The van der Waals surface area contributed by atoms with Crippen LogP contribution in [0.15, 0.2) is 24.5 Å². The van der Waals surface area contributed by atoms with E-state index >= 15 is 4.39 Å². The molecule has 1 aliphatic rings. The molecule has 2 N–H and O–H groups in total. The van der Waals surface area contributed by atoms with Gasteiger partial charge in [0.25, 0.3) is 5.91 Å². The Hall–Kier alpha value is -3.74. The van der Waals surface area contributed by atoms with Crippen molar-refractivity contribution in [2.75, 3.05) is 18.4 Å². The summed E-state index contributed by atoms with van der Waals surface area (Å²) < 4.78 is 62.3. The molecule has 1 fully saturated rings. The lowest BCUT2D eigenvalue weighted by Crippen LogP contribution is -2.41. The molecule has 4 rings (SSSR count). The predicted molar refractivity (Wildman–Crippen MR) is 142 cm³/mol. The number of likely N-dealkylation sites (tertiary alicyclic amines) is 1. The van der Waals surface area contributed by atoms with E-state index in [4.69, 9.17) is 4.74 Å². The number of halogens is 4. The second-order valence-corrected chi connectivity index (χ2v) is 11.7. The van der Waals surface area contributed by atoms with Gasteiger partial charge in [0, 0.05) is 37.0 Å². The molecule has 4 heterocycles. The Morgan fingerprint density at radius 3 is 2.24 bits per heavy atom. The van der Waals surface area contributed by atoms with Crippen LogP contribution in [0.25, 0.3) is 5.65 Å². The summed E-state index contributed by atoms with van der Waals surface area (Å²) in [5, 5.41) is 13.2. The van der Waals surface area contributed by atoms with Gasteiger partial charge in [-0.25, -0.2) is 19.2 Å². The minimum absolute atomic E-state index is 0.0851. The second kappa shape index (κ2) is 10.6. The highest BCUT2D eigenvalue weighted by Crippen LogP contribution is 2.35. The maximum atomic E-state index is 15.9. The number of nitrogens with one attached hydrogen (secondary N) is 1. The van der Waals surface area contributed by atoms with Crippen molar-refractivity contribution >= 4 is 23.3 Å². The minimum Gasteiger partial charge on any atom is -0.444 e. The lowest BCUT2D eigenvalue weighted by atomic mass is 9.94. The van der Waals surface area contributed by atoms with Gasteiger partial charge >= 0.3 is 12.3 Å². The summed E-state index contributed by atoms with van der Waals surface area (Å²) in [5.74, 6) is -1.97. The third-order valence-electron chi connectivity index (χ3n) is 6.73. The van der Waals surface area contributed by atoms with Gasteiger partial charge in [-0.05, 0) is 66.0 Å². The number of alkyl halides is 3. The highest BCUT2D eigenvalue weighted by atomic mass is 19.4. The number of nitrogens with zero attached hydrogens (tertiary/aromatic N) is 4. The fraction of sp³-hybridized carbons (Fsp3) is 0.500. The van der Waals surface area contributed by atoms with Crippen molar-refractivity contribution in [3.8, 4) is 0 Å². The van der Waals surface area contributed by atoms with Crippen LogP contribution in [0.1, 0.15) is 86.4 Å². The molecule has 3 aromatic rings. The zero-order valence-corrected chi connectivity index (χ0v) is 23.7. The SMILES string of the molecule is Cc1ccc(C(F)(F)F)nc1C(=O)Nc1cn2cc(C3CCN(C(=O)OC(C)(C)C)CC3)nc2c(F)c1C(C)(C)O. The molecule has 0 spiro atoms. The van der Waals surface area contributed by atoms with E-state index in [9.17, 15) is 27.9 Å². The van der Waals surface area contributed by atoms with Crippen molar-refractivity contribution in [3.05, 3.63) is 58.6 Å². The number of aryl methyl sites for hydroxylation is 1. The summed E-state index contributed by atoms with van der Waals surface area (Å²) in [6, 6.07) is 1.90. The van der Waals surface area contributed by atoms with Crippen LogP contribution in [0.2, 0.25) is 0 Å². The van der Waals surface area contributed by atoms with Crippen LogP contribution >= 0.6 is 0 Å². The van der Waals surface area contributed by atoms with Crippen molar-refractivity contribution in [3.63, 3.8) is 0 Å². The number of imidazole rings is 1. The third-order valence-corrected chi connectivity index (χ3v) is 6.73. The van der Waals surface area contributed by atoms with Crippen LogP contribution in [0, 0.1) is 12.7 Å². The topological polar surface area (TPSA) is 109 Å². The lowest BCUT2D eigenvalue weighted by Gasteiger charge is -2.32. The molecule has 0 unspecified atom stereocenters. The number of hydrogen-bond donors (Lipinski definition) is 2. The summed E-state index contributed by atoms with van der Waals surface area (Å²) in [4.78, 5) is 35.0. The average Bonchev–Trinajstić information content (AvgIpc) is 3.26. The standard InChI is InChI=1S/C28H33F4N5O4/c1-15-7-8-19(28(30,31)32)35-22(15)24(38)34-18-14-37-13-17(33-23(37)21(29)20(18)27(5,6)40)16-9-11-36(12-10-16)25(39)41-26(2,3)4/h7-8,13-14,16,40H,9-12H2,1-6H3,(H,34,38). The van der Waals surface area contributed by atoms with E-state index in [-0.39, 0.29) is 28.4 Å². The van der Waals surface area contributed by atoms with Gasteiger partial charge < -0.3 is 24.5 Å². The number of rotatable bonds is 4. The summed E-state index contributed by atoms with van der Waals surface area (Å²) in [5.41, 5.74) is -3.88. The molecule has 0 bridgehead atoms. The molecule has 1 aliphatic heterocycles. The highest BCUT2D eigenvalue weighted by molar-refractivity contribution is 6.04. The van der Waals surface area contributed by atoms with Crippen LogP contribution in [0.5, 0.6) is 0 Å². The Balaban J connectivity index is 1.64. The number of piperidine rings is 1. The van der Waals surface area contributed by atoms with Gasteiger partial charge in [0.15, 0.2) is 11.5 Å². The molecule has 0 atom stereocenters. The highest BCUT2D eigenvalue weighted by Gasteiger charge is 2.35. The van der Waals surface area contributed by atoms with Gasteiger partial charge in [-0.1, -0.05) is 6.07 Å². The molecule has 0 aliphatic carbocycles. The number of ether oxygens (including phenoxy) is 1. The molecule has 3 aromatic heterocycles. The lowest BCUT2D eigenvalue weighted by molar-refractivity contribution is -0.141. The number of fused-ring (bicyclic) bond motifs is 1. The molecular formula is C28H33F4N5O4. The van der Waals surface area contributed by atoms with E-state index in [1.54, 1.807) is 31.9 Å². The summed E-state index contributed by atoms with van der Waals surface area (Å²) >= 11 is 0. The van der Waals surface area contributed by atoms with E-state index in [0.29, 0.717) is 31.6 Å². The van der Waals surface area contributed by atoms with Crippen LogP contribution in [0.3, 0.4) is 0 Å². The van der Waals surface area contributed by atoms with E-state index in [1.165, 1.54) is 31.4 Å². The fourth-order valence-corrected chi connectivity index (χ4v) is 4.78. The molecular weight excluding hydrogens is 546 g/mol. The van der Waals surface area contributed by atoms with Crippen LogP contribution < -0.4 is 5.32 Å². The zero-order chi connectivity index (χ0) is 30.5. The van der Waals surface area contributed by atoms with Crippen LogP contribution in [-0.4, -0.2) is 55.1 Å². The molecule has 0 aromatic carbocycles. The fourth-order valence-electron chi connectivity index (χ4n) is 4.78. The number of carbonyl (C=O) groups excluding carboxylic acids is 2. The summed E-state index contributed by atoms with van der Waals surface area (Å²) in [6.07, 6.45) is -1.08. The Morgan fingerprint density at radius 2 is 1.68 bits per heavy atom. The minimum atomic E-state index is -4.76. The normalized spacial score (nSPS) is 15.3. The molecule has 222 valence electrons. The number of amides is 2. The number of pyridine rings is 2. The third kappa shape index (κ3) is 6.61. The second-order valence-electron chi connectivity index (χ2n) is 11.7. The average molecular weight is 580 g/mol. The number of carbonyl (C=O) groups is 2. The Morgan fingerprint density at radius 1 is 1.05 bits per heavy atom.